The molecule has 54 heavy (non-hydrogen) atoms. The molecule has 274 valence electrons. The number of ketones is 1. The lowest BCUT2D eigenvalue weighted by Crippen LogP contribution is -2.60. The number of halogens is 3. The minimum absolute atomic E-state index is 0.0131. The van der Waals surface area contributed by atoms with Crippen molar-refractivity contribution in [3.05, 3.63) is 125 Å². The smallest absolute Gasteiger partial charge is 0.258 e. The van der Waals surface area contributed by atoms with E-state index in [9.17, 15) is 33.5 Å². The summed E-state index contributed by atoms with van der Waals surface area (Å²) in [5.41, 5.74) is 1.98. The van der Waals surface area contributed by atoms with E-state index in [0.717, 1.165) is 21.9 Å². The maximum atomic E-state index is 14.6. The number of amides is 4. The van der Waals surface area contributed by atoms with E-state index < -0.39 is 62.9 Å². The average molecular weight is 770 g/mol. The van der Waals surface area contributed by atoms with Crippen LogP contribution >= 0.6 is 23.2 Å². The highest BCUT2D eigenvalue weighted by Crippen LogP contribution is 2.66. The zero-order valence-corrected chi connectivity index (χ0v) is 30.3. The standard InChI is InChI=1S/C41H31Cl2FN2O8/c1-53-30-18-23(19-31(54-2)35(30)48)33-27-16-17-28-32(29(27)20-40(42)38(51)46(39(52)41(33,40)43)26-14-10-24(44)11-15-26)37(50)45(36(28)49)25-12-8-22(9-13-25)34(47)21-6-4-3-5-7-21/h3-16,18-19,28-29,32-33,48H,17,20H2,1-2H3. The number of rotatable bonds is 7. The molecule has 6 atom stereocenters. The van der Waals surface area contributed by atoms with Gasteiger partial charge in [0.2, 0.25) is 17.6 Å². The van der Waals surface area contributed by atoms with Crippen molar-refractivity contribution in [2.45, 2.75) is 28.5 Å². The number of benzene rings is 4. The van der Waals surface area contributed by atoms with E-state index in [0.29, 0.717) is 22.3 Å². The van der Waals surface area contributed by atoms with Crippen LogP contribution in [0.4, 0.5) is 15.8 Å². The number of imide groups is 2. The van der Waals surface area contributed by atoms with Crippen LogP contribution in [-0.4, -0.2) is 58.5 Å². The molecule has 13 heteroatoms. The van der Waals surface area contributed by atoms with Gasteiger partial charge in [-0.05, 0) is 85.0 Å². The molecule has 4 aromatic carbocycles. The van der Waals surface area contributed by atoms with E-state index >= 15 is 0 Å². The van der Waals surface area contributed by atoms with Crippen molar-refractivity contribution in [2.24, 2.45) is 17.8 Å². The SMILES string of the molecule is COc1cc(C2C3=CCC4C(=O)N(c5ccc(C(=O)c6ccccc6)cc5)C(=O)C4C3CC3(Cl)C(=O)N(c4ccc(F)cc4)C(=O)C23Cl)cc(OC)c1O. The van der Waals surface area contributed by atoms with Crippen LogP contribution in [0, 0.1) is 23.6 Å². The number of alkyl halides is 2. The summed E-state index contributed by atoms with van der Waals surface area (Å²) in [7, 11) is 2.66. The third kappa shape index (κ3) is 4.94. The van der Waals surface area contributed by atoms with Gasteiger partial charge in [-0.1, -0.05) is 42.0 Å². The Morgan fingerprint density at radius 1 is 0.778 bits per heavy atom. The van der Waals surface area contributed by atoms with E-state index in [2.05, 4.69) is 0 Å². The molecule has 1 N–H and O–H groups in total. The van der Waals surface area contributed by atoms with Gasteiger partial charge in [0.1, 0.15) is 5.82 Å². The lowest BCUT2D eigenvalue weighted by atomic mass is 9.56. The van der Waals surface area contributed by atoms with Crippen LogP contribution in [0.5, 0.6) is 17.2 Å². The largest absolute Gasteiger partial charge is 0.502 e. The van der Waals surface area contributed by atoms with Crippen LogP contribution in [0.15, 0.2) is 103 Å². The number of hydrogen-bond donors (Lipinski definition) is 1. The molecule has 10 nitrogen and oxygen atoms in total. The molecule has 0 radical (unpaired) electrons. The second-order valence-electron chi connectivity index (χ2n) is 13.8. The Labute approximate surface area is 318 Å². The Hall–Kier alpha value is -5.52. The van der Waals surface area contributed by atoms with Gasteiger partial charge in [-0.3, -0.25) is 28.9 Å². The van der Waals surface area contributed by atoms with Crippen LogP contribution in [0.1, 0.15) is 40.2 Å². The van der Waals surface area contributed by atoms with Gasteiger partial charge < -0.3 is 14.6 Å². The second-order valence-corrected chi connectivity index (χ2v) is 15.0. The summed E-state index contributed by atoms with van der Waals surface area (Å²) in [4.78, 5) is 68.4. The molecule has 2 aliphatic heterocycles. The van der Waals surface area contributed by atoms with E-state index in [4.69, 9.17) is 32.7 Å². The number of aromatic hydroxyl groups is 1. The van der Waals surface area contributed by atoms with Crippen molar-refractivity contribution in [3.8, 4) is 17.2 Å². The first-order valence-electron chi connectivity index (χ1n) is 17.1. The van der Waals surface area contributed by atoms with Crippen molar-refractivity contribution in [1.29, 1.82) is 0 Å². The first kappa shape index (κ1) is 35.5. The van der Waals surface area contributed by atoms with Gasteiger partial charge in [-0.25, -0.2) is 9.29 Å². The first-order valence-corrected chi connectivity index (χ1v) is 17.9. The predicted octanol–water partition coefficient (Wildman–Crippen LogP) is 6.55. The van der Waals surface area contributed by atoms with Crippen molar-refractivity contribution in [1.82, 2.24) is 0 Å². The third-order valence-electron chi connectivity index (χ3n) is 11.2. The van der Waals surface area contributed by atoms with Crippen molar-refractivity contribution in [2.75, 3.05) is 24.0 Å². The normalized spacial score (nSPS) is 27.3. The zero-order valence-electron chi connectivity index (χ0n) is 28.8. The van der Waals surface area contributed by atoms with Gasteiger partial charge >= 0.3 is 0 Å². The van der Waals surface area contributed by atoms with Gasteiger partial charge in [0, 0.05) is 17.0 Å². The highest BCUT2D eigenvalue weighted by atomic mass is 35.5. The summed E-state index contributed by atoms with van der Waals surface area (Å²) in [6.07, 6.45) is 1.60. The van der Waals surface area contributed by atoms with E-state index in [1.54, 1.807) is 60.7 Å². The monoisotopic (exact) mass is 768 g/mol. The van der Waals surface area contributed by atoms with Crippen LogP contribution in [0.2, 0.25) is 0 Å². The summed E-state index contributed by atoms with van der Waals surface area (Å²) in [6.45, 7) is 0. The van der Waals surface area contributed by atoms with Crippen LogP contribution in [-0.2, 0) is 19.2 Å². The molecule has 0 aromatic heterocycles. The number of phenols is 1. The molecule has 4 amide bonds. The maximum Gasteiger partial charge on any atom is 0.258 e. The molecule has 8 rings (SSSR count). The molecule has 3 fully saturated rings. The number of carbonyl (C=O) groups excluding carboxylic acids is 5. The fourth-order valence-corrected chi connectivity index (χ4v) is 9.56. The zero-order chi connectivity index (χ0) is 38.3. The maximum absolute atomic E-state index is 14.6. The molecule has 1 saturated carbocycles. The molecule has 0 bridgehead atoms. The molecule has 2 aliphatic carbocycles. The summed E-state index contributed by atoms with van der Waals surface area (Å²) >= 11 is 14.9. The highest BCUT2D eigenvalue weighted by molar-refractivity contribution is 6.58. The van der Waals surface area contributed by atoms with Crippen molar-refractivity contribution in [3.63, 3.8) is 0 Å². The molecule has 2 saturated heterocycles. The van der Waals surface area contributed by atoms with Gasteiger partial charge in [0.25, 0.3) is 11.8 Å². The quantitative estimate of drug-likeness (QED) is 0.0971. The summed E-state index contributed by atoms with van der Waals surface area (Å²) in [5, 5.41) is 10.8. The fraction of sp³-hybridized carbons (Fsp3) is 0.244. The van der Waals surface area contributed by atoms with Gasteiger partial charge in [0.05, 0.1) is 37.4 Å². The number of carbonyl (C=O) groups is 5. The number of phenolic OH excluding ortho intramolecular Hbond substituents is 1. The Bertz CT molecular complexity index is 2270. The Kier molecular flexibility index (Phi) is 8.42. The van der Waals surface area contributed by atoms with Gasteiger partial charge in [-0.15, -0.1) is 23.2 Å². The minimum Gasteiger partial charge on any atom is -0.502 e. The molecule has 2 heterocycles. The van der Waals surface area contributed by atoms with Crippen molar-refractivity contribution < 1.29 is 42.9 Å². The van der Waals surface area contributed by atoms with Crippen LogP contribution < -0.4 is 19.3 Å². The lowest BCUT2D eigenvalue weighted by Gasteiger charge is -2.50. The second kappa shape index (κ2) is 12.8. The number of ether oxygens (including phenoxy) is 2. The number of methoxy groups -OCH3 is 2. The third-order valence-corrected chi connectivity index (χ3v) is 12.6. The van der Waals surface area contributed by atoms with Gasteiger partial charge in [-0.2, -0.15) is 0 Å². The fourth-order valence-electron chi connectivity index (χ4n) is 8.63. The van der Waals surface area contributed by atoms with E-state index in [1.165, 1.54) is 38.5 Å². The number of nitrogens with zero attached hydrogens (tertiary/aromatic N) is 2. The molecular weight excluding hydrogens is 738 g/mol. The topological polar surface area (TPSA) is 131 Å². The number of fused-ring (bicyclic) bond motifs is 4. The molecule has 4 aliphatic rings. The van der Waals surface area contributed by atoms with Crippen molar-refractivity contribution >= 4 is 64.0 Å². The number of hydrogen-bond acceptors (Lipinski definition) is 8. The number of allylic oxidation sites excluding steroid dienone is 2. The Morgan fingerprint density at radius 3 is 1.96 bits per heavy atom. The van der Waals surface area contributed by atoms with Crippen LogP contribution in [0.25, 0.3) is 0 Å². The highest BCUT2D eigenvalue weighted by Gasteiger charge is 2.76. The summed E-state index contributed by atoms with van der Waals surface area (Å²) in [5.74, 6) is -7.75. The Balaban J connectivity index is 1.23. The van der Waals surface area contributed by atoms with Gasteiger partial charge in [0.15, 0.2) is 27.0 Å². The lowest BCUT2D eigenvalue weighted by molar-refractivity contribution is -0.125. The van der Waals surface area contributed by atoms with Crippen LogP contribution in [0.3, 0.4) is 0 Å². The Morgan fingerprint density at radius 2 is 1.35 bits per heavy atom. The van der Waals surface area contributed by atoms with E-state index in [-0.39, 0.29) is 47.2 Å². The summed E-state index contributed by atoms with van der Waals surface area (Å²) < 4.78 is 24.8. The molecule has 4 aromatic rings. The average Bonchev–Trinajstić information content (AvgIpc) is 3.52. The minimum atomic E-state index is -2.20. The summed E-state index contributed by atoms with van der Waals surface area (Å²) in [6, 6.07) is 22.6. The molecule has 6 unspecified atom stereocenters. The molecule has 0 spiro atoms. The first-order chi connectivity index (χ1) is 25.8. The van der Waals surface area contributed by atoms with E-state index in [1.807, 2.05) is 0 Å². The predicted molar refractivity (Wildman–Crippen MR) is 197 cm³/mol. The number of anilines is 2. The molecular formula is C41H31Cl2FN2O8.